The fraction of sp³-hybridized carbons (Fsp3) is 0.500. The molecule has 1 N–H and O–H groups in total. The largest absolute Gasteiger partial charge is 0.450 e. The average Bonchev–Trinajstić information content (AvgIpc) is 2.41. The summed E-state index contributed by atoms with van der Waals surface area (Å²) in [5.41, 5.74) is 1.03. The summed E-state index contributed by atoms with van der Waals surface area (Å²) in [4.78, 5) is 17.6. The van der Waals surface area contributed by atoms with Crippen molar-refractivity contribution in [3.05, 3.63) is 18.3 Å². The SMILES string of the molecule is CCOC(=O)Nc1ccc(N2CCOCC2)cn1. The molecule has 0 atom stereocenters. The van der Waals surface area contributed by atoms with Gasteiger partial charge in [0.15, 0.2) is 0 Å². The van der Waals surface area contributed by atoms with Crippen LogP contribution in [-0.4, -0.2) is 44.0 Å². The zero-order valence-corrected chi connectivity index (χ0v) is 10.4. The van der Waals surface area contributed by atoms with Crippen LogP contribution in [0.5, 0.6) is 0 Å². The van der Waals surface area contributed by atoms with Crippen LogP contribution >= 0.6 is 0 Å². The molecule has 0 aromatic carbocycles. The molecule has 1 aromatic rings. The van der Waals surface area contributed by atoms with E-state index in [1.54, 1.807) is 19.2 Å². The summed E-state index contributed by atoms with van der Waals surface area (Å²) in [6.45, 7) is 5.32. The van der Waals surface area contributed by atoms with E-state index in [1.165, 1.54) is 0 Å². The van der Waals surface area contributed by atoms with Crippen molar-refractivity contribution in [2.45, 2.75) is 6.92 Å². The Morgan fingerprint density at radius 3 is 2.89 bits per heavy atom. The van der Waals surface area contributed by atoms with E-state index >= 15 is 0 Å². The predicted octanol–water partition coefficient (Wildman–Crippen LogP) is 1.49. The highest BCUT2D eigenvalue weighted by atomic mass is 16.5. The van der Waals surface area contributed by atoms with E-state index in [0.29, 0.717) is 12.4 Å². The van der Waals surface area contributed by atoms with E-state index in [9.17, 15) is 4.79 Å². The lowest BCUT2D eigenvalue weighted by Gasteiger charge is -2.28. The van der Waals surface area contributed by atoms with Gasteiger partial charge in [0.1, 0.15) is 5.82 Å². The topological polar surface area (TPSA) is 63.7 Å². The van der Waals surface area contributed by atoms with Crippen molar-refractivity contribution < 1.29 is 14.3 Å². The average molecular weight is 251 g/mol. The van der Waals surface area contributed by atoms with Crippen LogP contribution in [-0.2, 0) is 9.47 Å². The Hall–Kier alpha value is -1.82. The van der Waals surface area contributed by atoms with Crippen molar-refractivity contribution in [2.24, 2.45) is 0 Å². The lowest BCUT2D eigenvalue weighted by Crippen LogP contribution is -2.36. The lowest BCUT2D eigenvalue weighted by atomic mass is 10.3. The van der Waals surface area contributed by atoms with Gasteiger partial charge in [-0.15, -0.1) is 0 Å². The molecule has 1 aliphatic heterocycles. The maximum Gasteiger partial charge on any atom is 0.412 e. The molecule has 1 fully saturated rings. The Kier molecular flexibility index (Phi) is 4.35. The van der Waals surface area contributed by atoms with Crippen molar-refractivity contribution in [2.75, 3.05) is 43.1 Å². The monoisotopic (exact) mass is 251 g/mol. The third-order valence-electron chi connectivity index (χ3n) is 2.63. The van der Waals surface area contributed by atoms with E-state index in [0.717, 1.165) is 32.0 Å². The summed E-state index contributed by atoms with van der Waals surface area (Å²) in [6.07, 6.45) is 1.26. The number of aromatic nitrogens is 1. The molecule has 0 bridgehead atoms. The van der Waals surface area contributed by atoms with Crippen LogP contribution in [0.2, 0.25) is 0 Å². The summed E-state index contributed by atoms with van der Waals surface area (Å²) >= 11 is 0. The number of nitrogens with zero attached hydrogens (tertiary/aromatic N) is 2. The normalized spacial score (nSPS) is 15.3. The quantitative estimate of drug-likeness (QED) is 0.881. The van der Waals surface area contributed by atoms with Gasteiger partial charge in [-0.3, -0.25) is 5.32 Å². The van der Waals surface area contributed by atoms with Crippen molar-refractivity contribution in [3.8, 4) is 0 Å². The van der Waals surface area contributed by atoms with Gasteiger partial charge in [0.2, 0.25) is 0 Å². The molecular formula is C12H17N3O3. The molecule has 2 rings (SSSR count). The number of hydrogen-bond acceptors (Lipinski definition) is 5. The molecule has 98 valence electrons. The second-order valence-electron chi connectivity index (χ2n) is 3.85. The number of amides is 1. The number of pyridine rings is 1. The van der Waals surface area contributed by atoms with Crippen molar-refractivity contribution >= 4 is 17.6 Å². The number of hydrogen-bond donors (Lipinski definition) is 1. The second-order valence-corrected chi connectivity index (χ2v) is 3.85. The van der Waals surface area contributed by atoms with Crippen LogP contribution in [0.15, 0.2) is 18.3 Å². The molecule has 1 aromatic heterocycles. The van der Waals surface area contributed by atoms with Crippen LogP contribution in [0.25, 0.3) is 0 Å². The van der Waals surface area contributed by atoms with Gasteiger partial charge in [0.05, 0.1) is 31.7 Å². The maximum absolute atomic E-state index is 11.2. The molecule has 0 unspecified atom stereocenters. The zero-order valence-electron chi connectivity index (χ0n) is 10.4. The summed E-state index contributed by atoms with van der Waals surface area (Å²) < 4.78 is 10.1. The predicted molar refractivity (Wildman–Crippen MR) is 67.9 cm³/mol. The molecule has 6 heteroatoms. The summed E-state index contributed by atoms with van der Waals surface area (Å²) in [5, 5.41) is 2.56. The van der Waals surface area contributed by atoms with Gasteiger partial charge in [0.25, 0.3) is 0 Å². The zero-order chi connectivity index (χ0) is 12.8. The highest BCUT2D eigenvalue weighted by Gasteiger charge is 2.11. The smallest absolute Gasteiger partial charge is 0.412 e. The van der Waals surface area contributed by atoms with Crippen LogP contribution < -0.4 is 10.2 Å². The first-order valence-electron chi connectivity index (χ1n) is 6.02. The number of morpholine rings is 1. The van der Waals surface area contributed by atoms with Gasteiger partial charge in [-0.25, -0.2) is 9.78 Å². The van der Waals surface area contributed by atoms with Gasteiger partial charge >= 0.3 is 6.09 Å². The van der Waals surface area contributed by atoms with Crippen LogP contribution in [0, 0.1) is 0 Å². The van der Waals surface area contributed by atoms with Gasteiger partial charge in [-0.05, 0) is 19.1 Å². The first-order valence-corrected chi connectivity index (χ1v) is 6.02. The first-order chi connectivity index (χ1) is 8.79. The molecule has 0 aliphatic carbocycles. The Bertz CT molecular complexity index is 388. The minimum atomic E-state index is -0.482. The van der Waals surface area contributed by atoms with Crippen molar-refractivity contribution in [3.63, 3.8) is 0 Å². The highest BCUT2D eigenvalue weighted by molar-refractivity contribution is 5.83. The van der Waals surface area contributed by atoms with Crippen LogP contribution in [0.4, 0.5) is 16.3 Å². The third-order valence-corrected chi connectivity index (χ3v) is 2.63. The minimum Gasteiger partial charge on any atom is -0.450 e. The lowest BCUT2D eigenvalue weighted by molar-refractivity contribution is 0.122. The molecule has 1 amide bonds. The molecule has 6 nitrogen and oxygen atoms in total. The van der Waals surface area contributed by atoms with Gasteiger partial charge in [0, 0.05) is 13.1 Å². The molecule has 0 spiro atoms. The Balaban J connectivity index is 1.94. The molecule has 2 heterocycles. The Labute approximate surface area is 106 Å². The van der Waals surface area contributed by atoms with E-state index < -0.39 is 6.09 Å². The molecule has 1 saturated heterocycles. The Morgan fingerprint density at radius 2 is 2.28 bits per heavy atom. The fourth-order valence-electron chi connectivity index (χ4n) is 1.74. The van der Waals surface area contributed by atoms with E-state index in [4.69, 9.17) is 9.47 Å². The minimum absolute atomic E-state index is 0.345. The standard InChI is InChI=1S/C12H17N3O3/c1-2-18-12(16)14-11-4-3-10(9-13-11)15-5-7-17-8-6-15/h3-4,9H,2,5-8H2,1H3,(H,13,14,16). The van der Waals surface area contributed by atoms with Crippen LogP contribution in [0.3, 0.4) is 0 Å². The summed E-state index contributed by atoms with van der Waals surface area (Å²) in [7, 11) is 0. The van der Waals surface area contributed by atoms with E-state index in [2.05, 4.69) is 15.2 Å². The van der Waals surface area contributed by atoms with E-state index in [1.807, 2.05) is 6.07 Å². The van der Waals surface area contributed by atoms with E-state index in [-0.39, 0.29) is 0 Å². The number of nitrogens with one attached hydrogen (secondary N) is 1. The second kappa shape index (κ2) is 6.20. The Morgan fingerprint density at radius 1 is 1.50 bits per heavy atom. The molecule has 0 saturated carbocycles. The number of ether oxygens (including phenoxy) is 2. The molecule has 1 aliphatic rings. The molecule has 0 radical (unpaired) electrons. The van der Waals surface area contributed by atoms with Gasteiger partial charge < -0.3 is 14.4 Å². The number of carbonyl (C=O) groups excluding carboxylic acids is 1. The van der Waals surface area contributed by atoms with Gasteiger partial charge in [-0.1, -0.05) is 0 Å². The number of anilines is 2. The van der Waals surface area contributed by atoms with Crippen molar-refractivity contribution in [1.29, 1.82) is 0 Å². The first kappa shape index (κ1) is 12.6. The fourth-order valence-corrected chi connectivity index (χ4v) is 1.74. The van der Waals surface area contributed by atoms with Crippen LogP contribution in [0.1, 0.15) is 6.92 Å². The molecular weight excluding hydrogens is 234 g/mol. The number of carbonyl (C=O) groups is 1. The summed E-state index contributed by atoms with van der Waals surface area (Å²) in [6, 6.07) is 3.70. The number of rotatable bonds is 3. The third kappa shape index (κ3) is 3.33. The molecule has 18 heavy (non-hydrogen) atoms. The van der Waals surface area contributed by atoms with Gasteiger partial charge in [-0.2, -0.15) is 0 Å². The van der Waals surface area contributed by atoms with Crippen molar-refractivity contribution in [1.82, 2.24) is 4.98 Å². The highest BCUT2D eigenvalue weighted by Crippen LogP contribution is 2.16. The maximum atomic E-state index is 11.2. The summed E-state index contributed by atoms with van der Waals surface area (Å²) in [5.74, 6) is 0.491.